The number of benzene rings is 1. The van der Waals surface area contributed by atoms with Crippen LogP contribution in [0.2, 0.25) is 0 Å². The van der Waals surface area contributed by atoms with Gasteiger partial charge in [0, 0.05) is 16.2 Å². The van der Waals surface area contributed by atoms with Gasteiger partial charge in [-0.25, -0.2) is 13.8 Å². The average molecular weight is 328 g/mol. The number of anilines is 3. The van der Waals surface area contributed by atoms with Gasteiger partial charge in [0.25, 0.3) is 0 Å². The molecule has 0 saturated heterocycles. The van der Waals surface area contributed by atoms with E-state index in [1.165, 1.54) is 0 Å². The Balaban J connectivity index is 2.39. The molecule has 2 rings (SSSR count). The van der Waals surface area contributed by atoms with E-state index in [9.17, 15) is 8.78 Å². The number of nitrogen functional groups attached to an aromatic ring is 1. The Kier molecular flexibility index (Phi) is 3.71. The van der Waals surface area contributed by atoms with Gasteiger partial charge in [-0.1, -0.05) is 15.9 Å². The summed E-state index contributed by atoms with van der Waals surface area (Å²) in [6.07, 6.45) is 0. The second-order valence-electron chi connectivity index (χ2n) is 4.23. The van der Waals surface area contributed by atoms with Crippen LogP contribution in [0.25, 0.3) is 0 Å². The summed E-state index contributed by atoms with van der Waals surface area (Å²) >= 11 is 3.45. The molecule has 1 heterocycles. The molecule has 1 aromatic carbocycles. The Hall–Kier alpha value is -1.69. The maximum absolute atomic E-state index is 13.6. The van der Waals surface area contributed by atoms with Gasteiger partial charge >= 0.3 is 0 Å². The molecule has 3 nitrogen and oxygen atoms in total. The van der Waals surface area contributed by atoms with Crippen LogP contribution in [-0.4, -0.2) is 4.98 Å². The van der Waals surface area contributed by atoms with Gasteiger partial charge in [0.05, 0.1) is 0 Å². The molecule has 0 fully saturated rings. The van der Waals surface area contributed by atoms with E-state index in [-0.39, 0.29) is 11.6 Å². The van der Waals surface area contributed by atoms with Gasteiger partial charge in [-0.3, -0.25) is 0 Å². The van der Waals surface area contributed by atoms with E-state index < -0.39 is 11.6 Å². The molecular weight excluding hydrogens is 316 g/mol. The number of nitrogens with one attached hydrogen (secondary N) is 1. The number of hydrogen-bond acceptors (Lipinski definition) is 3. The summed E-state index contributed by atoms with van der Waals surface area (Å²) in [4.78, 5) is 3.65. The smallest absolute Gasteiger partial charge is 0.169 e. The van der Waals surface area contributed by atoms with Gasteiger partial charge in [-0.2, -0.15) is 0 Å². The lowest BCUT2D eigenvalue weighted by atomic mass is 10.1. The number of nitrogens with zero attached hydrogens (tertiary/aromatic N) is 1. The van der Waals surface area contributed by atoms with Crippen LogP contribution in [-0.2, 0) is 0 Å². The zero-order valence-electron chi connectivity index (χ0n) is 10.4. The molecule has 0 aliphatic carbocycles. The predicted molar refractivity (Wildman–Crippen MR) is 75.5 cm³/mol. The summed E-state index contributed by atoms with van der Waals surface area (Å²) in [7, 11) is 0. The van der Waals surface area contributed by atoms with Gasteiger partial charge in [-0.05, 0) is 37.1 Å². The molecule has 19 heavy (non-hydrogen) atoms. The number of aryl methyl sites for hydroxylation is 2. The largest absolute Gasteiger partial charge is 0.381 e. The third-order valence-electron chi connectivity index (χ3n) is 2.66. The Morgan fingerprint density at radius 1 is 1.11 bits per heavy atom. The van der Waals surface area contributed by atoms with Crippen molar-refractivity contribution in [1.29, 1.82) is 0 Å². The van der Waals surface area contributed by atoms with E-state index in [2.05, 4.69) is 26.2 Å². The first kappa shape index (κ1) is 13.7. The van der Waals surface area contributed by atoms with Crippen molar-refractivity contribution in [2.24, 2.45) is 0 Å². The van der Waals surface area contributed by atoms with E-state index in [0.29, 0.717) is 11.8 Å². The van der Waals surface area contributed by atoms with Crippen LogP contribution < -0.4 is 11.1 Å². The van der Waals surface area contributed by atoms with Crippen molar-refractivity contribution in [1.82, 2.24) is 4.98 Å². The molecule has 0 bridgehead atoms. The van der Waals surface area contributed by atoms with Crippen molar-refractivity contribution in [3.05, 3.63) is 45.4 Å². The molecule has 0 aliphatic rings. The molecule has 100 valence electrons. The Morgan fingerprint density at radius 3 is 2.26 bits per heavy atom. The zero-order chi connectivity index (χ0) is 14.2. The van der Waals surface area contributed by atoms with E-state index in [0.717, 1.165) is 15.6 Å². The third-order valence-corrected chi connectivity index (χ3v) is 3.91. The number of halogens is 3. The predicted octanol–water partition coefficient (Wildman–Crippen LogP) is 4.06. The van der Waals surface area contributed by atoms with Crippen LogP contribution in [0.5, 0.6) is 0 Å². The van der Waals surface area contributed by atoms with E-state index in [4.69, 9.17) is 5.73 Å². The summed E-state index contributed by atoms with van der Waals surface area (Å²) in [5.74, 6) is -2.09. The minimum Gasteiger partial charge on any atom is -0.381 e. The molecular formula is C13H12BrF2N3. The zero-order valence-corrected chi connectivity index (χ0v) is 12.0. The van der Waals surface area contributed by atoms with Crippen molar-refractivity contribution >= 4 is 33.3 Å². The molecule has 1 aromatic heterocycles. The van der Waals surface area contributed by atoms with Crippen molar-refractivity contribution in [2.75, 3.05) is 11.1 Å². The quantitative estimate of drug-likeness (QED) is 0.874. The lowest BCUT2D eigenvalue weighted by Gasteiger charge is -2.11. The van der Waals surface area contributed by atoms with E-state index >= 15 is 0 Å². The SMILES string of the molecule is Cc1cc(Nc2nc(N)c(F)cc2F)cc(C)c1Br. The minimum absolute atomic E-state index is 0.0972. The first-order chi connectivity index (χ1) is 8.88. The van der Waals surface area contributed by atoms with Crippen LogP contribution >= 0.6 is 15.9 Å². The number of rotatable bonds is 2. The third kappa shape index (κ3) is 2.84. The number of pyridine rings is 1. The van der Waals surface area contributed by atoms with Crippen LogP contribution in [0.15, 0.2) is 22.7 Å². The van der Waals surface area contributed by atoms with Crippen LogP contribution in [0, 0.1) is 25.5 Å². The lowest BCUT2D eigenvalue weighted by molar-refractivity contribution is 0.581. The van der Waals surface area contributed by atoms with E-state index in [1.807, 2.05) is 26.0 Å². The molecule has 2 aromatic rings. The van der Waals surface area contributed by atoms with Gasteiger partial charge in [0.2, 0.25) is 0 Å². The maximum atomic E-state index is 13.6. The molecule has 0 unspecified atom stereocenters. The summed E-state index contributed by atoms with van der Waals surface area (Å²) in [5.41, 5.74) is 7.99. The second-order valence-corrected chi connectivity index (χ2v) is 5.03. The second kappa shape index (κ2) is 5.13. The van der Waals surface area contributed by atoms with Crippen molar-refractivity contribution in [2.45, 2.75) is 13.8 Å². The summed E-state index contributed by atoms with van der Waals surface area (Å²) < 4.78 is 27.6. The monoisotopic (exact) mass is 327 g/mol. The standard InChI is InChI=1S/C13H12BrF2N3/c1-6-3-8(4-7(2)11(6)14)18-13-10(16)5-9(15)12(17)19-13/h3-5H,1-2H3,(H3,17,18,19). The van der Waals surface area contributed by atoms with Gasteiger partial charge in [-0.15, -0.1) is 0 Å². The highest BCUT2D eigenvalue weighted by Gasteiger charge is 2.11. The number of nitrogens with two attached hydrogens (primary N) is 1. The topological polar surface area (TPSA) is 50.9 Å². The maximum Gasteiger partial charge on any atom is 0.169 e. The fourth-order valence-electron chi connectivity index (χ4n) is 1.72. The Bertz CT molecular complexity index is 621. The Labute approximate surface area is 118 Å². The van der Waals surface area contributed by atoms with Gasteiger partial charge in [0.15, 0.2) is 23.3 Å². The number of hydrogen-bond donors (Lipinski definition) is 2. The average Bonchev–Trinajstić information content (AvgIpc) is 2.33. The summed E-state index contributed by atoms with van der Waals surface area (Å²) in [5, 5.41) is 2.80. The van der Waals surface area contributed by atoms with Crippen LogP contribution in [0.3, 0.4) is 0 Å². The first-order valence-corrected chi connectivity index (χ1v) is 6.33. The lowest BCUT2D eigenvalue weighted by Crippen LogP contribution is -2.03. The molecule has 0 spiro atoms. The highest BCUT2D eigenvalue weighted by Crippen LogP contribution is 2.27. The Morgan fingerprint density at radius 2 is 1.68 bits per heavy atom. The van der Waals surface area contributed by atoms with Crippen molar-refractivity contribution < 1.29 is 8.78 Å². The molecule has 6 heteroatoms. The highest BCUT2D eigenvalue weighted by molar-refractivity contribution is 9.10. The molecule has 0 radical (unpaired) electrons. The van der Waals surface area contributed by atoms with E-state index in [1.54, 1.807) is 0 Å². The fraction of sp³-hybridized carbons (Fsp3) is 0.154. The van der Waals surface area contributed by atoms with Crippen molar-refractivity contribution in [3.63, 3.8) is 0 Å². The van der Waals surface area contributed by atoms with Gasteiger partial charge in [0.1, 0.15) is 0 Å². The van der Waals surface area contributed by atoms with Gasteiger partial charge < -0.3 is 11.1 Å². The fourth-order valence-corrected chi connectivity index (χ4v) is 1.95. The summed E-state index contributed by atoms with van der Waals surface area (Å²) in [6.45, 7) is 3.84. The highest BCUT2D eigenvalue weighted by atomic mass is 79.9. The molecule has 0 atom stereocenters. The molecule has 0 aliphatic heterocycles. The van der Waals surface area contributed by atoms with Crippen molar-refractivity contribution in [3.8, 4) is 0 Å². The minimum atomic E-state index is -0.869. The molecule has 0 amide bonds. The molecule has 0 saturated carbocycles. The number of aromatic nitrogens is 1. The van der Waals surface area contributed by atoms with Crippen LogP contribution in [0.1, 0.15) is 11.1 Å². The first-order valence-electron chi connectivity index (χ1n) is 5.53. The summed E-state index contributed by atoms with van der Waals surface area (Å²) in [6, 6.07) is 4.37. The van der Waals surface area contributed by atoms with Crippen LogP contribution in [0.4, 0.5) is 26.1 Å². The normalized spacial score (nSPS) is 10.6. The molecule has 3 N–H and O–H groups in total.